The van der Waals surface area contributed by atoms with E-state index in [2.05, 4.69) is 52.3 Å². The summed E-state index contributed by atoms with van der Waals surface area (Å²) in [7, 11) is 0. The van der Waals surface area contributed by atoms with Crippen LogP contribution in [0, 0.1) is 0 Å². The van der Waals surface area contributed by atoms with Crippen molar-refractivity contribution in [3.8, 4) is 11.5 Å². The third-order valence-electron chi connectivity index (χ3n) is 5.98. The Labute approximate surface area is 241 Å². The Morgan fingerprint density at radius 3 is 2.34 bits per heavy atom. The zero-order chi connectivity index (χ0) is 26.5. The summed E-state index contributed by atoms with van der Waals surface area (Å²) in [5.74, 6) is 0.449. The number of halogens is 2. The number of benzene rings is 3. The highest BCUT2D eigenvalue weighted by Crippen LogP contribution is 2.25. The van der Waals surface area contributed by atoms with Crippen LogP contribution in [0.25, 0.3) is 11.5 Å². The lowest BCUT2D eigenvalue weighted by Crippen LogP contribution is -2.48. The van der Waals surface area contributed by atoms with Crippen LogP contribution < -0.4 is 10.2 Å². The van der Waals surface area contributed by atoms with E-state index in [9.17, 15) is 9.59 Å². The monoisotopic (exact) mass is 655 g/mol. The highest BCUT2D eigenvalue weighted by atomic mass is 79.9. The van der Waals surface area contributed by atoms with E-state index < -0.39 is 0 Å². The molecule has 1 saturated heterocycles. The van der Waals surface area contributed by atoms with Crippen molar-refractivity contribution in [1.29, 1.82) is 0 Å². The lowest BCUT2D eigenvalue weighted by atomic mass is 10.1. The van der Waals surface area contributed by atoms with E-state index in [4.69, 9.17) is 4.42 Å². The second-order valence-electron chi connectivity index (χ2n) is 8.55. The van der Waals surface area contributed by atoms with Crippen molar-refractivity contribution in [2.24, 2.45) is 0 Å². The average Bonchev–Trinajstić information content (AvgIpc) is 3.42. The highest BCUT2D eigenvalue weighted by Gasteiger charge is 2.22. The SMILES string of the molecule is O=C(CSc1nnc(-c2ccc(Br)cc2)o1)Nc1ccc(N2CCN(C(=O)c3cccc(Br)c3)CC2)cc1. The van der Waals surface area contributed by atoms with Gasteiger partial charge in [0.15, 0.2) is 0 Å². The first-order valence-electron chi connectivity index (χ1n) is 11.9. The summed E-state index contributed by atoms with van der Waals surface area (Å²) in [6.07, 6.45) is 0. The van der Waals surface area contributed by atoms with Crippen molar-refractivity contribution in [1.82, 2.24) is 15.1 Å². The maximum Gasteiger partial charge on any atom is 0.277 e. The first-order valence-corrected chi connectivity index (χ1v) is 14.4. The molecule has 0 unspecified atom stereocenters. The van der Waals surface area contributed by atoms with Gasteiger partial charge in [-0.15, -0.1) is 10.2 Å². The summed E-state index contributed by atoms with van der Waals surface area (Å²) in [4.78, 5) is 29.4. The van der Waals surface area contributed by atoms with Crippen LogP contribution in [0.4, 0.5) is 11.4 Å². The van der Waals surface area contributed by atoms with Crippen molar-refractivity contribution < 1.29 is 14.0 Å². The van der Waals surface area contributed by atoms with Gasteiger partial charge in [-0.25, -0.2) is 0 Å². The van der Waals surface area contributed by atoms with Crippen LogP contribution >= 0.6 is 43.6 Å². The molecule has 0 spiro atoms. The van der Waals surface area contributed by atoms with Gasteiger partial charge in [0.25, 0.3) is 11.1 Å². The van der Waals surface area contributed by atoms with Gasteiger partial charge in [-0.2, -0.15) is 0 Å². The Kier molecular flexibility index (Phi) is 8.45. The van der Waals surface area contributed by atoms with Crippen molar-refractivity contribution in [2.75, 3.05) is 42.1 Å². The number of amides is 2. The smallest absolute Gasteiger partial charge is 0.277 e. The third-order valence-corrected chi connectivity index (χ3v) is 7.82. The number of carbonyl (C=O) groups is 2. The molecule has 3 aromatic carbocycles. The molecule has 2 amide bonds. The lowest BCUT2D eigenvalue weighted by molar-refractivity contribution is -0.113. The number of thioether (sulfide) groups is 1. The fraction of sp³-hybridized carbons (Fsp3) is 0.185. The maximum absolute atomic E-state index is 12.8. The Balaban J connectivity index is 1.09. The Morgan fingerprint density at radius 1 is 0.895 bits per heavy atom. The number of carbonyl (C=O) groups excluding carboxylic acids is 2. The number of hydrogen-bond donors (Lipinski definition) is 1. The third kappa shape index (κ3) is 6.64. The normalized spacial score (nSPS) is 13.4. The molecule has 0 aliphatic carbocycles. The van der Waals surface area contributed by atoms with Crippen LogP contribution in [0.3, 0.4) is 0 Å². The zero-order valence-electron chi connectivity index (χ0n) is 20.1. The van der Waals surface area contributed by atoms with Crippen LogP contribution in [0.5, 0.6) is 0 Å². The predicted octanol–water partition coefficient (Wildman–Crippen LogP) is 5.95. The maximum atomic E-state index is 12.8. The standard InChI is InChI=1S/C27H23Br2N5O3S/c28-20-6-4-18(5-7-20)25-31-32-27(37-25)38-17-24(35)30-22-8-10-23(11-9-22)33-12-14-34(15-13-33)26(36)19-2-1-3-21(29)16-19/h1-11,16H,12-15,17H2,(H,30,35). The summed E-state index contributed by atoms with van der Waals surface area (Å²) in [5, 5.41) is 11.3. The first-order chi connectivity index (χ1) is 18.4. The van der Waals surface area contributed by atoms with E-state index >= 15 is 0 Å². The molecule has 1 fully saturated rings. The number of aromatic nitrogens is 2. The molecule has 1 N–H and O–H groups in total. The van der Waals surface area contributed by atoms with Crippen LogP contribution in [-0.2, 0) is 4.79 Å². The minimum Gasteiger partial charge on any atom is -0.411 e. The molecule has 0 radical (unpaired) electrons. The molecule has 0 saturated carbocycles. The van der Waals surface area contributed by atoms with Crippen molar-refractivity contribution in [2.45, 2.75) is 5.22 Å². The van der Waals surface area contributed by atoms with Crippen molar-refractivity contribution in [3.63, 3.8) is 0 Å². The fourth-order valence-electron chi connectivity index (χ4n) is 4.03. The van der Waals surface area contributed by atoms with Gasteiger partial charge >= 0.3 is 0 Å². The Hall–Kier alpha value is -3.15. The predicted molar refractivity (Wildman–Crippen MR) is 155 cm³/mol. The van der Waals surface area contributed by atoms with Gasteiger partial charge < -0.3 is 19.5 Å². The van der Waals surface area contributed by atoms with Gasteiger partial charge in [-0.05, 0) is 66.7 Å². The number of piperazine rings is 1. The molecule has 0 atom stereocenters. The van der Waals surface area contributed by atoms with Gasteiger partial charge in [-0.1, -0.05) is 49.7 Å². The van der Waals surface area contributed by atoms with Gasteiger partial charge in [0.05, 0.1) is 5.75 Å². The molecule has 1 aromatic heterocycles. The Bertz CT molecular complexity index is 1420. The highest BCUT2D eigenvalue weighted by molar-refractivity contribution is 9.10. The molecular formula is C27H23Br2N5O3S. The number of nitrogens with zero attached hydrogens (tertiary/aromatic N) is 4. The summed E-state index contributed by atoms with van der Waals surface area (Å²) in [5.41, 5.74) is 3.27. The minimum atomic E-state index is -0.161. The van der Waals surface area contributed by atoms with Gasteiger partial charge in [-0.3, -0.25) is 9.59 Å². The van der Waals surface area contributed by atoms with Gasteiger partial charge in [0, 0.05) is 57.6 Å². The van der Waals surface area contributed by atoms with Crippen LogP contribution in [0.1, 0.15) is 10.4 Å². The van der Waals surface area contributed by atoms with Crippen LogP contribution in [-0.4, -0.2) is 58.8 Å². The molecule has 0 bridgehead atoms. The van der Waals surface area contributed by atoms with E-state index in [0.717, 1.165) is 33.3 Å². The van der Waals surface area contributed by atoms with Crippen molar-refractivity contribution in [3.05, 3.63) is 87.3 Å². The summed E-state index contributed by atoms with van der Waals surface area (Å²) in [6.45, 7) is 2.80. The second-order valence-corrected chi connectivity index (χ2v) is 11.3. The fourth-order valence-corrected chi connectivity index (χ4v) is 5.26. The van der Waals surface area contributed by atoms with Gasteiger partial charge in [0.2, 0.25) is 11.8 Å². The molecule has 2 heterocycles. The average molecular weight is 657 g/mol. The van der Waals surface area contributed by atoms with E-state index in [1.165, 1.54) is 11.8 Å². The number of rotatable bonds is 7. The molecule has 194 valence electrons. The zero-order valence-corrected chi connectivity index (χ0v) is 24.1. The number of nitrogens with one attached hydrogen (secondary N) is 1. The molecule has 11 heteroatoms. The van der Waals surface area contributed by atoms with Crippen LogP contribution in [0.2, 0.25) is 0 Å². The summed E-state index contributed by atoms with van der Waals surface area (Å²) in [6, 6.07) is 22.8. The van der Waals surface area contributed by atoms with E-state index in [1.54, 1.807) is 0 Å². The quantitative estimate of drug-likeness (QED) is 0.246. The molecule has 8 nitrogen and oxygen atoms in total. The molecule has 1 aliphatic heterocycles. The Morgan fingerprint density at radius 2 is 1.63 bits per heavy atom. The molecule has 5 rings (SSSR count). The summed E-state index contributed by atoms with van der Waals surface area (Å²) >= 11 is 8.02. The van der Waals surface area contributed by atoms with E-state index in [-0.39, 0.29) is 17.6 Å². The van der Waals surface area contributed by atoms with E-state index in [1.807, 2.05) is 77.7 Å². The van der Waals surface area contributed by atoms with Gasteiger partial charge in [0.1, 0.15) is 0 Å². The molecule has 1 aliphatic rings. The van der Waals surface area contributed by atoms with Crippen molar-refractivity contribution >= 4 is 66.8 Å². The topological polar surface area (TPSA) is 91.6 Å². The van der Waals surface area contributed by atoms with E-state index in [0.29, 0.717) is 35.5 Å². The number of anilines is 2. The lowest BCUT2D eigenvalue weighted by Gasteiger charge is -2.36. The second kappa shape index (κ2) is 12.1. The molecule has 4 aromatic rings. The first kappa shape index (κ1) is 26.5. The minimum absolute atomic E-state index is 0.0481. The summed E-state index contributed by atoms with van der Waals surface area (Å²) < 4.78 is 7.52. The molecular weight excluding hydrogens is 634 g/mol. The number of hydrogen-bond acceptors (Lipinski definition) is 7. The van der Waals surface area contributed by atoms with Crippen LogP contribution in [0.15, 0.2) is 91.4 Å². The molecule has 38 heavy (non-hydrogen) atoms. The largest absolute Gasteiger partial charge is 0.411 e.